The number of amides is 1. The van der Waals surface area contributed by atoms with Crippen LogP contribution in [0.5, 0.6) is 0 Å². The molecule has 3 aromatic rings. The van der Waals surface area contributed by atoms with E-state index in [-0.39, 0.29) is 23.6 Å². The zero-order valence-corrected chi connectivity index (χ0v) is 15.0. The standard InChI is InChI=1S/C18H18FN5OS/c1-12-11-20-7-8-23(12)18(25)16-21-17(15-6-3-9-26-15)24(22-16)14-5-2-4-13(19)10-14/h2-6,9-10,12,20H,7-8,11H2,1H3/t12-/m0/s1. The highest BCUT2D eigenvalue weighted by Gasteiger charge is 2.28. The fourth-order valence-electron chi connectivity index (χ4n) is 3.03. The van der Waals surface area contributed by atoms with Crippen LogP contribution < -0.4 is 5.32 Å². The Morgan fingerprint density at radius 1 is 1.35 bits per heavy atom. The minimum atomic E-state index is -0.362. The third-order valence-electron chi connectivity index (χ3n) is 4.35. The molecule has 26 heavy (non-hydrogen) atoms. The van der Waals surface area contributed by atoms with Gasteiger partial charge in [0.15, 0.2) is 5.82 Å². The van der Waals surface area contributed by atoms with Gasteiger partial charge < -0.3 is 10.2 Å². The van der Waals surface area contributed by atoms with Crippen LogP contribution in [0.15, 0.2) is 41.8 Å². The number of carbonyl (C=O) groups excluding carboxylic acids is 1. The molecule has 3 heterocycles. The van der Waals surface area contributed by atoms with Crippen molar-refractivity contribution < 1.29 is 9.18 Å². The molecule has 1 amide bonds. The minimum absolute atomic E-state index is 0.0718. The van der Waals surface area contributed by atoms with Crippen molar-refractivity contribution in [3.8, 4) is 16.4 Å². The van der Waals surface area contributed by atoms with E-state index in [9.17, 15) is 9.18 Å². The summed E-state index contributed by atoms with van der Waals surface area (Å²) in [5, 5.41) is 9.61. The molecule has 1 aromatic carbocycles. The van der Waals surface area contributed by atoms with Gasteiger partial charge >= 0.3 is 0 Å². The minimum Gasteiger partial charge on any atom is -0.331 e. The third kappa shape index (κ3) is 3.13. The molecule has 6 nitrogen and oxygen atoms in total. The normalized spacial score (nSPS) is 17.5. The van der Waals surface area contributed by atoms with Gasteiger partial charge in [0.05, 0.1) is 10.6 Å². The first-order valence-corrected chi connectivity index (χ1v) is 9.30. The van der Waals surface area contributed by atoms with Crippen molar-refractivity contribution >= 4 is 17.2 Å². The van der Waals surface area contributed by atoms with Crippen LogP contribution in [0.1, 0.15) is 17.5 Å². The molecular formula is C18H18FN5OS. The van der Waals surface area contributed by atoms with Crippen LogP contribution in [0.3, 0.4) is 0 Å². The first kappa shape index (κ1) is 16.9. The van der Waals surface area contributed by atoms with Gasteiger partial charge in [-0.25, -0.2) is 14.1 Å². The third-order valence-corrected chi connectivity index (χ3v) is 5.22. The molecule has 0 unspecified atom stereocenters. The number of piperazine rings is 1. The summed E-state index contributed by atoms with van der Waals surface area (Å²) in [6, 6.07) is 10.0. The lowest BCUT2D eigenvalue weighted by molar-refractivity contribution is 0.0643. The predicted octanol–water partition coefficient (Wildman–Crippen LogP) is 2.57. The monoisotopic (exact) mass is 371 g/mol. The fourth-order valence-corrected chi connectivity index (χ4v) is 3.73. The number of halogens is 1. The van der Waals surface area contributed by atoms with Crippen LogP contribution in [0, 0.1) is 5.82 Å². The summed E-state index contributed by atoms with van der Waals surface area (Å²) in [5.41, 5.74) is 0.535. The molecule has 0 bridgehead atoms. The van der Waals surface area contributed by atoms with Crippen molar-refractivity contribution in [1.29, 1.82) is 0 Å². The van der Waals surface area contributed by atoms with Crippen LogP contribution in [-0.4, -0.2) is 51.2 Å². The van der Waals surface area contributed by atoms with E-state index in [1.807, 2.05) is 24.4 Å². The van der Waals surface area contributed by atoms with Crippen molar-refractivity contribution in [1.82, 2.24) is 25.0 Å². The molecule has 0 saturated carbocycles. The van der Waals surface area contributed by atoms with Gasteiger partial charge in [0.25, 0.3) is 5.91 Å². The lowest BCUT2D eigenvalue weighted by Crippen LogP contribution is -2.52. The Morgan fingerprint density at radius 3 is 2.96 bits per heavy atom. The average Bonchev–Trinajstić information content (AvgIpc) is 3.31. The Labute approximate surface area is 154 Å². The Balaban J connectivity index is 1.77. The molecule has 2 aromatic heterocycles. The number of aromatic nitrogens is 3. The number of hydrogen-bond acceptors (Lipinski definition) is 5. The Bertz CT molecular complexity index is 924. The Kier molecular flexibility index (Phi) is 4.52. The van der Waals surface area contributed by atoms with E-state index in [4.69, 9.17) is 0 Å². The van der Waals surface area contributed by atoms with Gasteiger partial charge in [-0.1, -0.05) is 12.1 Å². The summed E-state index contributed by atoms with van der Waals surface area (Å²) >= 11 is 1.50. The van der Waals surface area contributed by atoms with Crippen molar-refractivity contribution in [2.24, 2.45) is 0 Å². The lowest BCUT2D eigenvalue weighted by Gasteiger charge is -2.33. The molecule has 0 radical (unpaired) electrons. The second kappa shape index (κ2) is 6.97. The highest BCUT2D eigenvalue weighted by atomic mass is 32.1. The number of rotatable bonds is 3. The SMILES string of the molecule is C[C@H]1CNCCN1C(=O)c1nc(-c2cccs2)n(-c2cccc(F)c2)n1. The van der Waals surface area contributed by atoms with Crippen LogP contribution in [0.2, 0.25) is 0 Å². The number of carbonyl (C=O) groups is 1. The maximum Gasteiger partial charge on any atom is 0.293 e. The summed E-state index contributed by atoms with van der Waals surface area (Å²) in [5.74, 6) is 0.105. The van der Waals surface area contributed by atoms with Gasteiger partial charge in [-0.05, 0) is 36.6 Å². The molecule has 0 aliphatic carbocycles. The van der Waals surface area contributed by atoms with E-state index in [0.29, 0.717) is 18.1 Å². The molecule has 1 atom stereocenters. The van der Waals surface area contributed by atoms with Crippen molar-refractivity contribution in [3.63, 3.8) is 0 Å². The van der Waals surface area contributed by atoms with Crippen LogP contribution in [0.4, 0.5) is 4.39 Å². The summed E-state index contributed by atoms with van der Waals surface area (Å²) < 4.78 is 15.2. The number of nitrogens with one attached hydrogen (secondary N) is 1. The van der Waals surface area contributed by atoms with Gasteiger partial charge in [-0.3, -0.25) is 4.79 Å². The number of nitrogens with zero attached hydrogens (tertiary/aromatic N) is 4. The topological polar surface area (TPSA) is 63.1 Å². The summed E-state index contributed by atoms with van der Waals surface area (Å²) in [6.07, 6.45) is 0. The zero-order chi connectivity index (χ0) is 18.1. The second-order valence-corrected chi connectivity index (χ2v) is 7.13. The highest BCUT2D eigenvalue weighted by Crippen LogP contribution is 2.26. The van der Waals surface area contributed by atoms with Gasteiger partial charge in [0, 0.05) is 25.7 Å². The Hall–Kier alpha value is -2.58. The van der Waals surface area contributed by atoms with Crippen LogP contribution >= 0.6 is 11.3 Å². The summed E-state index contributed by atoms with van der Waals surface area (Å²) in [6.45, 7) is 4.10. The van der Waals surface area contributed by atoms with Crippen LogP contribution in [-0.2, 0) is 0 Å². The number of thiophene rings is 1. The van der Waals surface area contributed by atoms with E-state index in [1.54, 1.807) is 17.0 Å². The average molecular weight is 371 g/mol. The Morgan fingerprint density at radius 2 is 2.23 bits per heavy atom. The number of hydrogen-bond donors (Lipinski definition) is 1. The van der Waals surface area contributed by atoms with Crippen molar-refractivity contribution in [2.45, 2.75) is 13.0 Å². The molecule has 8 heteroatoms. The lowest BCUT2D eigenvalue weighted by atomic mass is 10.2. The highest BCUT2D eigenvalue weighted by molar-refractivity contribution is 7.13. The zero-order valence-electron chi connectivity index (χ0n) is 14.2. The van der Waals surface area contributed by atoms with Crippen molar-refractivity contribution in [3.05, 3.63) is 53.4 Å². The largest absolute Gasteiger partial charge is 0.331 e. The van der Waals surface area contributed by atoms with E-state index in [1.165, 1.54) is 28.2 Å². The second-order valence-electron chi connectivity index (χ2n) is 6.18. The summed E-state index contributed by atoms with van der Waals surface area (Å²) in [4.78, 5) is 20.1. The quantitative estimate of drug-likeness (QED) is 0.769. The summed E-state index contributed by atoms with van der Waals surface area (Å²) in [7, 11) is 0. The first-order chi connectivity index (χ1) is 12.6. The molecule has 1 saturated heterocycles. The van der Waals surface area contributed by atoms with Gasteiger partial charge in [0.2, 0.25) is 5.82 Å². The van der Waals surface area contributed by atoms with E-state index >= 15 is 0 Å². The maximum absolute atomic E-state index is 13.7. The molecule has 1 fully saturated rings. The van der Waals surface area contributed by atoms with Gasteiger partial charge in [-0.2, -0.15) is 0 Å². The molecule has 1 aliphatic heterocycles. The number of benzene rings is 1. The van der Waals surface area contributed by atoms with Gasteiger partial charge in [0.1, 0.15) is 5.82 Å². The van der Waals surface area contributed by atoms with Crippen molar-refractivity contribution in [2.75, 3.05) is 19.6 Å². The fraction of sp³-hybridized carbons (Fsp3) is 0.278. The van der Waals surface area contributed by atoms with E-state index in [2.05, 4.69) is 15.4 Å². The van der Waals surface area contributed by atoms with Crippen LogP contribution in [0.25, 0.3) is 16.4 Å². The first-order valence-electron chi connectivity index (χ1n) is 8.42. The molecular weight excluding hydrogens is 353 g/mol. The predicted molar refractivity (Wildman–Crippen MR) is 98.0 cm³/mol. The maximum atomic E-state index is 13.7. The van der Waals surface area contributed by atoms with E-state index in [0.717, 1.165) is 18.0 Å². The molecule has 134 valence electrons. The smallest absolute Gasteiger partial charge is 0.293 e. The molecule has 1 aliphatic rings. The molecule has 0 spiro atoms. The van der Waals surface area contributed by atoms with E-state index < -0.39 is 0 Å². The molecule has 4 rings (SSSR count). The van der Waals surface area contributed by atoms with Gasteiger partial charge in [-0.15, -0.1) is 16.4 Å². The molecule has 1 N–H and O–H groups in total.